The third kappa shape index (κ3) is 2.20. The van der Waals surface area contributed by atoms with E-state index in [-0.39, 0.29) is 11.2 Å². The lowest BCUT2D eigenvalue weighted by atomic mass is 9.74. The number of ketones is 1. The Labute approximate surface area is 114 Å². The van der Waals surface area contributed by atoms with Crippen LogP contribution in [0.2, 0.25) is 0 Å². The van der Waals surface area contributed by atoms with Crippen molar-refractivity contribution in [2.75, 3.05) is 6.61 Å². The van der Waals surface area contributed by atoms with Gasteiger partial charge in [-0.1, -0.05) is 43.2 Å². The largest absolute Gasteiger partial charge is 0.490 e. The lowest BCUT2D eigenvalue weighted by Crippen LogP contribution is -2.35. The van der Waals surface area contributed by atoms with Crippen LogP contribution in [0.15, 0.2) is 42.2 Å². The summed E-state index contributed by atoms with van der Waals surface area (Å²) in [6.45, 7) is 0.683. The first kappa shape index (κ1) is 12.5. The van der Waals surface area contributed by atoms with Crippen LogP contribution in [0.3, 0.4) is 0 Å². The molecule has 2 aliphatic rings. The second-order valence-electron chi connectivity index (χ2n) is 5.54. The molecule has 3 rings (SSSR count). The lowest BCUT2D eigenvalue weighted by Gasteiger charge is -2.29. The summed E-state index contributed by atoms with van der Waals surface area (Å²) < 4.78 is 5.61. The van der Waals surface area contributed by atoms with Crippen molar-refractivity contribution in [2.24, 2.45) is 0 Å². The minimum Gasteiger partial charge on any atom is -0.490 e. The number of benzene rings is 1. The van der Waals surface area contributed by atoms with Crippen molar-refractivity contribution in [2.45, 2.75) is 43.9 Å². The Morgan fingerprint density at radius 1 is 1.05 bits per heavy atom. The van der Waals surface area contributed by atoms with E-state index in [2.05, 4.69) is 12.1 Å². The van der Waals surface area contributed by atoms with E-state index in [1.54, 1.807) is 0 Å². The first-order valence-corrected chi connectivity index (χ1v) is 7.26. The van der Waals surface area contributed by atoms with Gasteiger partial charge in [0.2, 0.25) is 5.78 Å². The second-order valence-corrected chi connectivity index (χ2v) is 5.54. The molecule has 1 aliphatic heterocycles. The molecule has 1 fully saturated rings. The number of rotatable bonds is 3. The second kappa shape index (κ2) is 5.20. The van der Waals surface area contributed by atoms with Crippen LogP contribution in [-0.2, 0) is 14.9 Å². The average Bonchev–Trinajstić information content (AvgIpc) is 2.99. The van der Waals surface area contributed by atoms with Crippen LogP contribution < -0.4 is 0 Å². The first-order valence-electron chi connectivity index (χ1n) is 7.26. The van der Waals surface area contributed by atoms with Crippen molar-refractivity contribution < 1.29 is 9.53 Å². The average molecular weight is 256 g/mol. The van der Waals surface area contributed by atoms with Gasteiger partial charge in [0.05, 0.1) is 12.0 Å². The summed E-state index contributed by atoms with van der Waals surface area (Å²) in [7, 11) is 0. The van der Waals surface area contributed by atoms with Crippen molar-refractivity contribution >= 4 is 5.78 Å². The first-order chi connectivity index (χ1) is 9.33. The molecule has 1 aromatic rings. The summed E-state index contributed by atoms with van der Waals surface area (Å²) in [6.07, 6.45) is 8.14. The Bertz CT molecular complexity index is 481. The summed E-state index contributed by atoms with van der Waals surface area (Å²) in [6, 6.07) is 10.2. The Hall–Kier alpha value is -1.57. The molecule has 0 unspecified atom stereocenters. The molecule has 0 aromatic heterocycles. The Kier molecular flexibility index (Phi) is 3.41. The molecule has 0 N–H and O–H groups in total. The van der Waals surface area contributed by atoms with Gasteiger partial charge in [0.1, 0.15) is 0 Å². The number of ether oxygens (including phenoxy) is 1. The molecule has 0 amide bonds. The van der Waals surface area contributed by atoms with Crippen molar-refractivity contribution in [3.63, 3.8) is 0 Å². The van der Waals surface area contributed by atoms with Crippen LogP contribution in [0.4, 0.5) is 0 Å². The van der Waals surface area contributed by atoms with Gasteiger partial charge in [-0.25, -0.2) is 0 Å². The van der Waals surface area contributed by atoms with Crippen LogP contribution in [0, 0.1) is 0 Å². The molecule has 1 heterocycles. The maximum Gasteiger partial charge on any atom is 0.207 e. The monoisotopic (exact) mass is 256 g/mol. The smallest absolute Gasteiger partial charge is 0.207 e. The summed E-state index contributed by atoms with van der Waals surface area (Å²) in [4.78, 5) is 12.9. The Balaban J connectivity index is 1.97. The summed E-state index contributed by atoms with van der Waals surface area (Å²) in [5.74, 6) is 0.813. The minimum atomic E-state index is -0.329. The number of carbonyl (C=O) groups is 1. The van der Waals surface area contributed by atoms with Gasteiger partial charge in [-0.2, -0.15) is 0 Å². The van der Waals surface area contributed by atoms with Crippen molar-refractivity contribution in [3.05, 3.63) is 47.7 Å². The van der Waals surface area contributed by atoms with E-state index in [1.165, 1.54) is 0 Å². The van der Waals surface area contributed by atoms with Crippen molar-refractivity contribution in [1.82, 2.24) is 0 Å². The molecule has 19 heavy (non-hydrogen) atoms. The van der Waals surface area contributed by atoms with Gasteiger partial charge >= 0.3 is 0 Å². The van der Waals surface area contributed by atoms with E-state index in [0.717, 1.165) is 44.1 Å². The molecule has 1 aliphatic carbocycles. The van der Waals surface area contributed by atoms with E-state index in [4.69, 9.17) is 4.74 Å². The summed E-state index contributed by atoms with van der Waals surface area (Å²) in [5.41, 5.74) is 0.831. The third-order valence-corrected chi connectivity index (χ3v) is 4.38. The van der Waals surface area contributed by atoms with Crippen molar-refractivity contribution in [3.8, 4) is 0 Å². The van der Waals surface area contributed by atoms with Crippen LogP contribution in [-0.4, -0.2) is 12.4 Å². The van der Waals surface area contributed by atoms with Crippen LogP contribution in [0.5, 0.6) is 0 Å². The molecule has 1 saturated carbocycles. The zero-order valence-corrected chi connectivity index (χ0v) is 11.2. The summed E-state index contributed by atoms with van der Waals surface area (Å²) >= 11 is 0. The molecule has 0 radical (unpaired) electrons. The van der Waals surface area contributed by atoms with Gasteiger partial charge in [-0.15, -0.1) is 0 Å². The molecule has 0 saturated heterocycles. The molecular formula is C17H20O2. The fraction of sp³-hybridized carbons (Fsp3) is 0.471. The number of allylic oxidation sites excluding steroid dienone is 2. The maximum atomic E-state index is 12.9. The third-order valence-electron chi connectivity index (χ3n) is 4.38. The van der Waals surface area contributed by atoms with E-state index in [0.29, 0.717) is 12.4 Å². The number of carbonyl (C=O) groups excluding carboxylic acids is 1. The quantitative estimate of drug-likeness (QED) is 0.823. The standard InChI is InChI=1S/C17H20O2/c18-16(15-10-4-7-13-19-15)17(11-5-6-12-17)14-8-2-1-3-9-14/h1-3,8-10H,4-7,11-13H2. The highest BCUT2D eigenvalue weighted by Gasteiger charge is 2.44. The normalized spacial score (nSPS) is 21.6. The lowest BCUT2D eigenvalue weighted by molar-refractivity contribution is -0.124. The van der Waals surface area contributed by atoms with Gasteiger partial charge in [0.15, 0.2) is 5.76 Å². The highest BCUT2D eigenvalue weighted by atomic mass is 16.5. The van der Waals surface area contributed by atoms with Crippen LogP contribution >= 0.6 is 0 Å². The Morgan fingerprint density at radius 3 is 2.42 bits per heavy atom. The molecule has 1 aromatic carbocycles. The van der Waals surface area contributed by atoms with Crippen molar-refractivity contribution in [1.29, 1.82) is 0 Å². The maximum absolute atomic E-state index is 12.9. The van der Waals surface area contributed by atoms with Crippen LogP contribution in [0.1, 0.15) is 44.1 Å². The molecule has 2 heteroatoms. The highest BCUT2D eigenvalue weighted by Crippen LogP contribution is 2.43. The fourth-order valence-electron chi connectivity index (χ4n) is 3.33. The number of hydrogen-bond acceptors (Lipinski definition) is 2. The van der Waals surface area contributed by atoms with Gasteiger partial charge < -0.3 is 4.74 Å². The molecule has 2 nitrogen and oxygen atoms in total. The van der Waals surface area contributed by atoms with E-state index < -0.39 is 0 Å². The van der Waals surface area contributed by atoms with Gasteiger partial charge in [0, 0.05) is 0 Å². The predicted molar refractivity (Wildman–Crippen MR) is 74.9 cm³/mol. The van der Waals surface area contributed by atoms with E-state index in [9.17, 15) is 4.79 Å². The van der Waals surface area contributed by atoms with E-state index in [1.807, 2.05) is 24.3 Å². The van der Waals surface area contributed by atoms with Gasteiger partial charge in [-0.05, 0) is 37.3 Å². The molecule has 0 bridgehead atoms. The fourth-order valence-corrected chi connectivity index (χ4v) is 3.33. The van der Waals surface area contributed by atoms with Crippen LogP contribution in [0.25, 0.3) is 0 Å². The topological polar surface area (TPSA) is 26.3 Å². The predicted octanol–water partition coefficient (Wildman–Crippen LogP) is 3.76. The molecular weight excluding hydrogens is 236 g/mol. The zero-order valence-electron chi connectivity index (χ0n) is 11.2. The minimum absolute atomic E-state index is 0.205. The van der Waals surface area contributed by atoms with Gasteiger partial charge in [-0.3, -0.25) is 4.79 Å². The molecule has 0 spiro atoms. The molecule has 0 atom stereocenters. The Morgan fingerprint density at radius 2 is 1.79 bits per heavy atom. The molecule has 100 valence electrons. The zero-order chi connectivity index (χ0) is 13.1. The number of hydrogen-bond donors (Lipinski definition) is 0. The SMILES string of the molecule is O=C(C1=CCCCO1)C1(c2ccccc2)CCCC1. The van der Waals surface area contributed by atoms with E-state index >= 15 is 0 Å². The van der Waals surface area contributed by atoms with Gasteiger partial charge in [0.25, 0.3) is 0 Å². The highest BCUT2D eigenvalue weighted by molar-refractivity contribution is 6.02. The number of Topliss-reactive ketones (excluding diaryl/α,β-unsaturated/α-hetero) is 1. The summed E-state index contributed by atoms with van der Waals surface area (Å²) in [5, 5.41) is 0.